The van der Waals surface area contributed by atoms with Crippen LogP contribution in [0.1, 0.15) is 62.6 Å². The van der Waals surface area contributed by atoms with Crippen LogP contribution in [0.15, 0.2) is 49.3 Å². The van der Waals surface area contributed by atoms with Gasteiger partial charge in [0.15, 0.2) is 0 Å². The molecule has 0 aliphatic rings. The Hall–Kier alpha value is -4.13. The van der Waals surface area contributed by atoms with Gasteiger partial charge >= 0.3 is 0 Å². The predicted molar refractivity (Wildman–Crippen MR) is 147 cm³/mol. The van der Waals surface area contributed by atoms with Crippen LogP contribution < -0.4 is 10.5 Å². The van der Waals surface area contributed by atoms with Gasteiger partial charge in [-0.15, -0.1) is 0 Å². The lowest BCUT2D eigenvalue weighted by molar-refractivity contribution is 0.139. The molecule has 4 heterocycles. The number of pyridine rings is 2. The second-order valence-electron chi connectivity index (χ2n) is 10.4. The lowest BCUT2D eigenvalue weighted by atomic mass is 9.93. The summed E-state index contributed by atoms with van der Waals surface area (Å²) in [5.74, 6) is -0.589. The van der Waals surface area contributed by atoms with Crippen LogP contribution >= 0.6 is 0 Å². The summed E-state index contributed by atoms with van der Waals surface area (Å²) in [7, 11) is 0. The Morgan fingerprint density at radius 1 is 0.738 bits per heavy atom. The van der Waals surface area contributed by atoms with E-state index in [1.54, 1.807) is 26.0 Å². The van der Waals surface area contributed by atoms with Gasteiger partial charge in [-0.25, -0.2) is 41.9 Å². The number of rotatable bonds is 9. The maximum absolute atomic E-state index is 13.5. The number of nitrogens with two attached hydrogens (primary N) is 1. The zero-order chi connectivity index (χ0) is 31.0. The van der Waals surface area contributed by atoms with Gasteiger partial charge < -0.3 is 10.5 Å². The van der Waals surface area contributed by atoms with Crippen molar-refractivity contribution in [1.82, 2.24) is 29.9 Å². The van der Waals surface area contributed by atoms with Crippen LogP contribution in [0.5, 0.6) is 5.75 Å². The SMILES string of the molecule is Cc1cc(-c2cc(C(F)F)c(F)cn2)ncn1.Cc1cc(-c2cc(C(F)F)c(OC[C@@](C)(N)CC(C)C)cn2)ncn1. The van der Waals surface area contributed by atoms with Gasteiger partial charge in [0, 0.05) is 16.9 Å². The highest BCUT2D eigenvalue weighted by Gasteiger charge is 2.24. The Balaban J connectivity index is 0.000000247. The third-order valence-electron chi connectivity index (χ3n) is 5.82. The number of halogens is 5. The fourth-order valence-corrected chi connectivity index (χ4v) is 4.07. The van der Waals surface area contributed by atoms with Crippen LogP contribution in [0.3, 0.4) is 0 Å². The fraction of sp³-hybridized carbons (Fsp3) is 0.379. The highest BCUT2D eigenvalue weighted by Crippen LogP contribution is 2.32. The van der Waals surface area contributed by atoms with E-state index in [4.69, 9.17) is 10.5 Å². The predicted octanol–water partition coefficient (Wildman–Crippen LogP) is 6.85. The first-order valence-corrected chi connectivity index (χ1v) is 13.0. The van der Waals surface area contributed by atoms with E-state index in [-0.39, 0.29) is 23.6 Å². The molecule has 0 saturated heterocycles. The molecule has 0 aliphatic carbocycles. The number of nitrogens with zero attached hydrogens (tertiary/aromatic N) is 6. The fourth-order valence-electron chi connectivity index (χ4n) is 4.07. The van der Waals surface area contributed by atoms with Crippen LogP contribution in [-0.4, -0.2) is 42.0 Å². The van der Waals surface area contributed by atoms with E-state index in [1.165, 1.54) is 24.9 Å². The number of aryl methyl sites for hydroxylation is 2. The van der Waals surface area contributed by atoms with Gasteiger partial charge in [-0.2, -0.15) is 0 Å². The van der Waals surface area contributed by atoms with E-state index in [0.717, 1.165) is 24.4 Å². The molecule has 1 atom stereocenters. The Labute approximate surface area is 240 Å². The van der Waals surface area contributed by atoms with Crippen molar-refractivity contribution in [2.45, 2.75) is 59.4 Å². The minimum absolute atomic E-state index is 0.0463. The quantitative estimate of drug-likeness (QED) is 0.211. The largest absolute Gasteiger partial charge is 0.490 e. The van der Waals surface area contributed by atoms with Crippen LogP contribution in [0.2, 0.25) is 0 Å². The van der Waals surface area contributed by atoms with Crippen LogP contribution in [0.25, 0.3) is 22.8 Å². The summed E-state index contributed by atoms with van der Waals surface area (Å²) in [6.07, 6.45) is -0.0764. The van der Waals surface area contributed by atoms with E-state index in [2.05, 4.69) is 43.8 Å². The number of hydrogen-bond acceptors (Lipinski definition) is 8. The van der Waals surface area contributed by atoms with Crippen molar-refractivity contribution in [1.29, 1.82) is 0 Å². The molecule has 0 bridgehead atoms. The monoisotopic (exact) mass is 589 g/mol. The van der Waals surface area contributed by atoms with E-state index < -0.39 is 29.8 Å². The maximum atomic E-state index is 13.5. The number of ether oxygens (including phenoxy) is 1. The first kappa shape index (κ1) is 32.4. The Kier molecular flexibility index (Phi) is 10.9. The van der Waals surface area contributed by atoms with Crippen molar-refractivity contribution in [3.05, 3.63) is 77.6 Å². The Morgan fingerprint density at radius 2 is 1.21 bits per heavy atom. The van der Waals surface area contributed by atoms with E-state index >= 15 is 0 Å². The minimum atomic E-state index is -2.88. The molecule has 42 heavy (non-hydrogen) atoms. The third-order valence-corrected chi connectivity index (χ3v) is 5.82. The van der Waals surface area contributed by atoms with Crippen molar-refractivity contribution in [3.8, 4) is 28.5 Å². The Morgan fingerprint density at radius 3 is 1.69 bits per heavy atom. The summed E-state index contributed by atoms with van der Waals surface area (Å²) in [5, 5.41) is 0. The molecule has 0 aliphatic heterocycles. The molecule has 0 spiro atoms. The summed E-state index contributed by atoms with van der Waals surface area (Å²) >= 11 is 0. The number of alkyl halides is 4. The van der Waals surface area contributed by atoms with Gasteiger partial charge in [0.2, 0.25) is 0 Å². The summed E-state index contributed by atoms with van der Waals surface area (Å²) in [6.45, 7) is 9.63. The average molecular weight is 590 g/mol. The van der Waals surface area contributed by atoms with Crippen molar-refractivity contribution < 1.29 is 26.7 Å². The highest BCUT2D eigenvalue weighted by atomic mass is 19.3. The lowest BCUT2D eigenvalue weighted by Crippen LogP contribution is -2.43. The van der Waals surface area contributed by atoms with Crippen LogP contribution in [0.4, 0.5) is 22.0 Å². The molecule has 4 aromatic heterocycles. The molecule has 4 rings (SSSR count). The first-order chi connectivity index (χ1) is 19.8. The second kappa shape index (κ2) is 14.2. The van der Waals surface area contributed by atoms with Crippen LogP contribution in [-0.2, 0) is 0 Å². The normalized spacial score (nSPS) is 12.7. The van der Waals surface area contributed by atoms with Crippen molar-refractivity contribution in [3.63, 3.8) is 0 Å². The molecular formula is C29H32F5N7O. The summed E-state index contributed by atoms with van der Waals surface area (Å²) < 4.78 is 70.5. The summed E-state index contributed by atoms with van der Waals surface area (Å²) in [5.41, 5.74) is 7.53. The van der Waals surface area contributed by atoms with Crippen molar-refractivity contribution in [2.75, 3.05) is 6.61 Å². The standard InChI is InChI=1S/C18H24F2N4O.C11H8F3N3/c1-11(2)7-18(4,21)9-25-16-8-22-15(6-13(16)17(19)20)14-5-12(3)23-10-24-14;1-6-2-9(17-5-16-6)10-3-7(11(13)14)8(12)4-15-10/h5-6,8,10-11,17H,7,9,21H2,1-4H3;2-5,11H,1H3/t18-;/m0./s1. The van der Waals surface area contributed by atoms with Crippen LogP contribution in [0, 0.1) is 25.6 Å². The zero-order valence-corrected chi connectivity index (χ0v) is 23.8. The smallest absolute Gasteiger partial charge is 0.267 e. The van der Waals surface area contributed by atoms with E-state index in [1.807, 2.05) is 6.92 Å². The molecule has 0 unspecified atom stereocenters. The maximum Gasteiger partial charge on any atom is 0.267 e. The van der Waals surface area contributed by atoms with Gasteiger partial charge in [0.1, 0.15) is 30.8 Å². The van der Waals surface area contributed by atoms with Gasteiger partial charge in [0.05, 0.1) is 46.3 Å². The molecule has 0 amide bonds. The van der Waals surface area contributed by atoms with Crippen molar-refractivity contribution in [2.24, 2.45) is 11.7 Å². The zero-order valence-electron chi connectivity index (χ0n) is 23.8. The minimum Gasteiger partial charge on any atom is -0.490 e. The molecule has 13 heteroatoms. The topological polar surface area (TPSA) is 113 Å². The summed E-state index contributed by atoms with van der Waals surface area (Å²) in [4.78, 5) is 23.8. The van der Waals surface area contributed by atoms with E-state index in [0.29, 0.717) is 28.7 Å². The second-order valence-corrected chi connectivity index (χ2v) is 10.4. The average Bonchev–Trinajstić information content (AvgIpc) is 2.91. The van der Waals surface area contributed by atoms with Gasteiger partial charge in [-0.1, -0.05) is 13.8 Å². The molecule has 2 N–H and O–H groups in total. The molecule has 224 valence electrons. The third kappa shape index (κ3) is 9.20. The molecule has 0 radical (unpaired) electrons. The molecular weight excluding hydrogens is 557 g/mol. The first-order valence-electron chi connectivity index (χ1n) is 13.0. The van der Waals surface area contributed by atoms with Gasteiger partial charge in [0.25, 0.3) is 12.9 Å². The van der Waals surface area contributed by atoms with E-state index in [9.17, 15) is 22.0 Å². The number of aromatic nitrogens is 6. The van der Waals surface area contributed by atoms with Gasteiger partial charge in [-0.3, -0.25) is 9.97 Å². The van der Waals surface area contributed by atoms with Gasteiger partial charge in [-0.05, 0) is 57.4 Å². The Bertz CT molecular complexity index is 1480. The molecule has 0 aromatic carbocycles. The highest BCUT2D eigenvalue weighted by molar-refractivity contribution is 5.57. The molecule has 0 saturated carbocycles. The molecule has 8 nitrogen and oxygen atoms in total. The summed E-state index contributed by atoms with van der Waals surface area (Å²) in [6, 6.07) is 5.59. The molecule has 4 aromatic rings. The lowest BCUT2D eigenvalue weighted by Gasteiger charge is -2.27. The molecule has 0 fully saturated rings. The number of hydrogen-bond donors (Lipinski definition) is 1. The van der Waals surface area contributed by atoms with Crippen molar-refractivity contribution >= 4 is 0 Å².